The first-order chi connectivity index (χ1) is 13.0. The summed E-state index contributed by atoms with van der Waals surface area (Å²) in [5.41, 5.74) is 3.30. The van der Waals surface area contributed by atoms with Gasteiger partial charge in [-0.25, -0.2) is 8.42 Å². The minimum Gasteiger partial charge on any atom is -0.325 e. The first kappa shape index (κ1) is 17.5. The number of aromatic nitrogens is 2. The molecule has 1 aromatic heterocycles. The van der Waals surface area contributed by atoms with Crippen LogP contribution in [-0.2, 0) is 16.4 Å². The van der Waals surface area contributed by atoms with Crippen molar-refractivity contribution in [2.75, 3.05) is 16.2 Å². The molecule has 0 radical (unpaired) electrons. The molecule has 0 bridgehead atoms. The van der Waals surface area contributed by atoms with Crippen molar-refractivity contribution in [3.63, 3.8) is 0 Å². The van der Waals surface area contributed by atoms with Crippen molar-refractivity contribution in [3.05, 3.63) is 71.8 Å². The molecule has 0 atom stereocenters. The second kappa shape index (κ2) is 7.00. The molecule has 1 aliphatic heterocycles. The molecule has 27 heavy (non-hydrogen) atoms. The minimum atomic E-state index is -3.69. The Morgan fingerprint density at radius 3 is 2.63 bits per heavy atom. The largest absolute Gasteiger partial charge is 0.325 e. The van der Waals surface area contributed by atoms with Gasteiger partial charge in [0, 0.05) is 12.2 Å². The Hall–Kier alpha value is -2.93. The topological polar surface area (TPSA) is 75.2 Å². The van der Waals surface area contributed by atoms with Gasteiger partial charge in [0.2, 0.25) is 0 Å². The number of hydrogen-bond acceptors (Lipinski definition) is 5. The van der Waals surface area contributed by atoms with Crippen LogP contribution in [0.25, 0.3) is 0 Å². The Bertz CT molecular complexity index is 1070. The van der Waals surface area contributed by atoms with Crippen molar-refractivity contribution < 1.29 is 8.42 Å². The van der Waals surface area contributed by atoms with E-state index in [9.17, 15) is 8.42 Å². The molecule has 1 N–H and O–H groups in total. The van der Waals surface area contributed by atoms with Gasteiger partial charge in [0.1, 0.15) is 0 Å². The predicted molar refractivity (Wildman–Crippen MR) is 106 cm³/mol. The van der Waals surface area contributed by atoms with Crippen LogP contribution in [0.1, 0.15) is 17.5 Å². The van der Waals surface area contributed by atoms with Crippen LogP contribution in [0.4, 0.5) is 17.3 Å². The summed E-state index contributed by atoms with van der Waals surface area (Å²) in [7, 11) is -3.69. The van der Waals surface area contributed by atoms with Crippen molar-refractivity contribution in [2.24, 2.45) is 0 Å². The lowest BCUT2D eigenvalue weighted by Crippen LogP contribution is -2.25. The summed E-state index contributed by atoms with van der Waals surface area (Å²) in [5.74, 6) is 0.909. The molecule has 0 amide bonds. The molecule has 3 aromatic rings. The highest BCUT2D eigenvalue weighted by atomic mass is 32.2. The van der Waals surface area contributed by atoms with Crippen LogP contribution in [-0.4, -0.2) is 25.2 Å². The molecule has 4 rings (SSSR count). The number of sulfonamides is 1. The van der Waals surface area contributed by atoms with E-state index in [0.717, 1.165) is 30.6 Å². The second-order valence-electron chi connectivity index (χ2n) is 6.58. The number of aryl methyl sites for hydroxylation is 2. The van der Waals surface area contributed by atoms with Gasteiger partial charge in [-0.1, -0.05) is 30.3 Å². The third-order valence-corrected chi connectivity index (χ3v) is 5.93. The summed E-state index contributed by atoms with van der Waals surface area (Å²) < 4.78 is 27.5. The van der Waals surface area contributed by atoms with Crippen LogP contribution in [0.3, 0.4) is 0 Å². The maximum atomic E-state index is 12.5. The van der Waals surface area contributed by atoms with E-state index in [1.54, 1.807) is 30.3 Å². The molecule has 0 spiro atoms. The van der Waals surface area contributed by atoms with E-state index in [1.165, 1.54) is 5.56 Å². The molecule has 2 heterocycles. The van der Waals surface area contributed by atoms with Gasteiger partial charge in [-0.15, -0.1) is 10.2 Å². The quantitative estimate of drug-likeness (QED) is 0.747. The van der Waals surface area contributed by atoms with Gasteiger partial charge in [-0.2, -0.15) is 0 Å². The van der Waals surface area contributed by atoms with E-state index >= 15 is 0 Å². The smallest absolute Gasteiger partial charge is 0.263 e. The molecule has 2 aromatic carbocycles. The van der Waals surface area contributed by atoms with Gasteiger partial charge in [-0.05, 0) is 61.2 Å². The molecule has 138 valence electrons. The van der Waals surface area contributed by atoms with Gasteiger partial charge < -0.3 is 4.90 Å². The highest BCUT2D eigenvalue weighted by Crippen LogP contribution is 2.32. The number of para-hydroxylation sites is 1. The van der Waals surface area contributed by atoms with Crippen molar-refractivity contribution in [2.45, 2.75) is 24.7 Å². The molecule has 0 aliphatic carbocycles. The Kier molecular flexibility index (Phi) is 4.53. The number of nitrogens with one attached hydrogen (secondary N) is 1. The second-order valence-corrected chi connectivity index (χ2v) is 8.27. The summed E-state index contributed by atoms with van der Waals surface area (Å²) in [4.78, 5) is 2.32. The normalized spacial score (nSPS) is 13.9. The van der Waals surface area contributed by atoms with Crippen LogP contribution < -0.4 is 9.62 Å². The maximum Gasteiger partial charge on any atom is 0.263 e. The number of anilines is 3. The number of rotatable bonds is 4. The van der Waals surface area contributed by atoms with Gasteiger partial charge in [-0.3, -0.25) is 4.72 Å². The zero-order valence-corrected chi connectivity index (χ0v) is 15.8. The Balaban J connectivity index is 1.57. The van der Waals surface area contributed by atoms with E-state index in [-0.39, 0.29) is 10.7 Å². The maximum absolute atomic E-state index is 12.5. The zero-order chi connectivity index (χ0) is 18.9. The van der Waals surface area contributed by atoms with Crippen LogP contribution in [0.5, 0.6) is 0 Å². The van der Waals surface area contributed by atoms with E-state index < -0.39 is 10.0 Å². The van der Waals surface area contributed by atoms with Gasteiger partial charge >= 0.3 is 0 Å². The van der Waals surface area contributed by atoms with Crippen molar-refractivity contribution in [3.8, 4) is 0 Å². The van der Waals surface area contributed by atoms with E-state index in [4.69, 9.17) is 0 Å². The monoisotopic (exact) mass is 380 g/mol. The van der Waals surface area contributed by atoms with Crippen LogP contribution in [0.15, 0.2) is 65.6 Å². The van der Waals surface area contributed by atoms with Crippen molar-refractivity contribution in [1.82, 2.24) is 10.2 Å². The lowest BCUT2D eigenvalue weighted by atomic mass is 10.0. The number of nitrogens with zero attached hydrogens (tertiary/aromatic N) is 3. The molecule has 0 saturated heterocycles. The summed E-state index contributed by atoms with van der Waals surface area (Å²) in [6, 6.07) is 18.4. The fourth-order valence-corrected chi connectivity index (χ4v) is 4.38. The fraction of sp³-hybridized carbons (Fsp3) is 0.200. The SMILES string of the molecule is Cc1cccc(S(=O)(=O)Nc2ccc(N3CCCc4ccccc43)nn2)c1. The molecule has 1 aliphatic rings. The van der Waals surface area contributed by atoms with Crippen LogP contribution in [0.2, 0.25) is 0 Å². The Morgan fingerprint density at radius 2 is 1.85 bits per heavy atom. The first-order valence-electron chi connectivity index (χ1n) is 8.82. The van der Waals surface area contributed by atoms with Crippen LogP contribution in [0, 0.1) is 6.92 Å². The summed E-state index contributed by atoms with van der Waals surface area (Å²) >= 11 is 0. The molecule has 0 unspecified atom stereocenters. The van der Waals surface area contributed by atoms with Crippen LogP contribution >= 0.6 is 0 Å². The average molecular weight is 380 g/mol. The molecule has 6 nitrogen and oxygen atoms in total. The number of fused-ring (bicyclic) bond motifs is 1. The lowest BCUT2D eigenvalue weighted by molar-refractivity contribution is 0.601. The van der Waals surface area contributed by atoms with Gasteiger partial charge in [0.05, 0.1) is 4.90 Å². The molecule has 0 fully saturated rings. The minimum absolute atomic E-state index is 0.200. The Morgan fingerprint density at radius 1 is 1.00 bits per heavy atom. The van der Waals surface area contributed by atoms with Crippen molar-refractivity contribution >= 4 is 27.3 Å². The zero-order valence-electron chi connectivity index (χ0n) is 15.0. The molecule has 0 saturated carbocycles. The van der Waals surface area contributed by atoms with E-state index in [0.29, 0.717) is 5.82 Å². The summed E-state index contributed by atoms with van der Waals surface area (Å²) in [6.07, 6.45) is 2.09. The Labute approximate surface area is 158 Å². The average Bonchev–Trinajstić information content (AvgIpc) is 2.68. The first-order valence-corrected chi connectivity index (χ1v) is 10.3. The van der Waals surface area contributed by atoms with E-state index in [1.807, 2.05) is 25.1 Å². The summed E-state index contributed by atoms with van der Waals surface area (Å²) in [5, 5.41) is 8.32. The van der Waals surface area contributed by atoms with Gasteiger partial charge in [0.25, 0.3) is 10.0 Å². The standard InChI is InChI=1S/C20H20N4O2S/c1-15-6-4-9-17(14-15)27(25,26)23-19-11-12-20(22-21-19)24-13-5-8-16-7-2-3-10-18(16)24/h2-4,6-7,9-12,14H,5,8,13H2,1H3,(H,21,23). The number of benzene rings is 2. The lowest BCUT2D eigenvalue weighted by Gasteiger charge is -2.29. The highest BCUT2D eigenvalue weighted by Gasteiger charge is 2.20. The van der Waals surface area contributed by atoms with Crippen molar-refractivity contribution in [1.29, 1.82) is 0 Å². The molecular weight excluding hydrogens is 360 g/mol. The third kappa shape index (κ3) is 3.64. The number of hydrogen-bond donors (Lipinski definition) is 1. The fourth-order valence-electron chi connectivity index (χ4n) is 3.27. The predicted octanol–water partition coefficient (Wildman–Crippen LogP) is 3.67. The molecular formula is C20H20N4O2S. The summed E-state index contributed by atoms with van der Waals surface area (Å²) in [6.45, 7) is 2.71. The van der Waals surface area contributed by atoms with E-state index in [2.05, 4.69) is 32.0 Å². The highest BCUT2D eigenvalue weighted by molar-refractivity contribution is 7.92. The van der Waals surface area contributed by atoms with Gasteiger partial charge in [0.15, 0.2) is 11.6 Å². The molecule has 7 heteroatoms. The third-order valence-electron chi connectivity index (χ3n) is 4.58.